The fourth-order valence-electron chi connectivity index (χ4n) is 2.49. The van der Waals surface area contributed by atoms with Gasteiger partial charge in [0.15, 0.2) is 0 Å². The van der Waals surface area contributed by atoms with Crippen LogP contribution in [0.15, 0.2) is 46.6 Å². The highest BCUT2D eigenvalue weighted by molar-refractivity contribution is 5.42. The van der Waals surface area contributed by atoms with E-state index >= 15 is 0 Å². The minimum absolute atomic E-state index is 1.21. The van der Waals surface area contributed by atoms with Crippen LogP contribution in [0.4, 0.5) is 0 Å². The molecular formula is C16H22. The molecule has 0 nitrogen and oxygen atoms in total. The van der Waals surface area contributed by atoms with Crippen LogP contribution in [0.5, 0.6) is 0 Å². The Bertz CT molecular complexity index is 337. The smallest absolute Gasteiger partial charge is 0.0239 e. The lowest BCUT2D eigenvalue weighted by atomic mass is 9.86. The summed E-state index contributed by atoms with van der Waals surface area (Å²) in [7, 11) is 0. The van der Waals surface area contributed by atoms with E-state index in [0.717, 1.165) is 0 Å². The Morgan fingerprint density at radius 2 is 1.12 bits per heavy atom. The summed E-state index contributed by atoms with van der Waals surface area (Å²) in [6.45, 7) is 4.50. The van der Waals surface area contributed by atoms with E-state index in [1.54, 1.807) is 22.3 Å². The molecule has 0 aromatic heterocycles. The highest BCUT2D eigenvalue weighted by Crippen LogP contribution is 2.31. The lowest BCUT2D eigenvalue weighted by Crippen LogP contribution is -2.00. The zero-order valence-electron chi connectivity index (χ0n) is 10.6. The molecular weight excluding hydrogens is 192 g/mol. The van der Waals surface area contributed by atoms with Crippen molar-refractivity contribution in [3.8, 4) is 0 Å². The molecule has 2 rings (SSSR count). The molecule has 0 atom stereocenters. The van der Waals surface area contributed by atoms with Gasteiger partial charge in [-0.2, -0.15) is 0 Å². The van der Waals surface area contributed by atoms with Gasteiger partial charge in [-0.25, -0.2) is 0 Å². The molecule has 0 spiro atoms. The minimum atomic E-state index is 1.21. The Kier molecular flexibility index (Phi) is 3.82. The van der Waals surface area contributed by atoms with E-state index in [1.807, 2.05) is 0 Å². The van der Waals surface area contributed by atoms with E-state index in [1.165, 1.54) is 38.5 Å². The zero-order chi connectivity index (χ0) is 11.4. The van der Waals surface area contributed by atoms with Crippen LogP contribution in [0.2, 0.25) is 0 Å². The van der Waals surface area contributed by atoms with Crippen LogP contribution in [0, 0.1) is 0 Å². The average Bonchev–Trinajstić information content (AvgIpc) is 2.39. The Balaban J connectivity index is 2.10. The summed E-state index contributed by atoms with van der Waals surface area (Å²) in [4.78, 5) is 0. The van der Waals surface area contributed by atoms with Gasteiger partial charge in [-0.05, 0) is 49.7 Å². The van der Waals surface area contributed by atoms with Gasteiger partial charge in [0.1, 0.15) is 0 Å². The first kappa shape index (κ1) is 11.4. The Morgan fingerprint density at radius 1 is 0.688 bits per heavy atom. The van der Waals surface area contributed by atoms with E-state index in [2.05, 4.69) is 38.2 Å². The predicted molar refractivity (Wildman–Crippen MR) is 71.4 cm³/mol. The molecule has 0 unspecified atom stereocenters. The molecule has 0 aromatic carbocycles. The number of rotatable bonds is 3. The number of hydrogen-bond donors (Lipinski definition) is 0. The van der Waals surface area contributed by atoms with Crippen molar-refractivity contribution in [2.45, 2.75) is 52.4 Å². The summed E-state index contributed by atoms with van der Waals surface area (Å²) in [5.41, 5.74) is 6.35. The van der Waals surface area contributed by atoms with Crippen LogP contribution in [-0.2, 0) is 0 Å². The predicted octanol–water partition coefficient (Wildman–Crippen LogP) is 5.10. The number of hydrogen-bond acceptors (Lipinski definition) is 0. The Morgan fingerprint density at radius 3 is 1.38 bits per heavy atom. The summed E-state index contributed by atoms with van der Waals surface area (Å²) >= 11 is 0. The molecule has 0 radical (unpaired) electrons. The Hall–Kier alpha value is -1.04. The van der Waals surface area contributed by atoms with Gasteiger partial charge in [0.25, 0.3) is 0 Å². The maximum absolute atomic E-state index is 2.35. The van der Waals surface area contributed by atoms with Crippen molar-refractivity contribution in [1.82, 2.24) is 0 Å². The molecule has 0 fully saturated rings. The van der Waals surface area contributed by atoms with Crippen LogP contribution < -0.4 is 0 Å². The first-order chi connectivity index (χ1) is 7.83. The lowest BCUT2D eigenvalue weighted by Gasteiger charge is -2.19. The van der Waals surface area contributed by atoms with Crippen molar-refractivity contribution >= 4 is 0 Å². The first-order valence-electron chi connectivity index (χ1n) is 6.61. The molecule has 0 aromatic rings. The molecule has 2 aliphatic carbocycles. The highest BCUT2D eigenvalue weighted by Gasteiger charge is 2.12. The molecule has 0 bridgehead atoms. The average molecular weight is 214 g/mol. The molecule has 0 saturated carbocycles. The van der Waals surface area contributed by atoms with Crippen molar-refractivity contribution in [3.05, 3.63) is 46.6 Å². The van der Waals surface area contributed by atoms with E-state index in [4.69, 9.17) is 0 Å². The van der Waals surface area contributed by atoms with Gasteiger partial charge in [-0.3, -0.25) is 0 Å². The first-order valence-corrected chi connectivity index (χ1v) is 6.61. The van der Waals surface area contributed by atoms with Gasteiger partial charge in [0.2, 0.25) is 0 Å². The molecule has 0 heteroatoms. The second-order valence-electron chi connectivity index (χ2n) is 4.74. The van der Waals surface area contributed by atoms with Gasteiger partial charge >= 0.3 is 0 Å². The van der Waals surface area contributed by atoms with E-state index in [0.29, 0.717) is 0 Å². The summed E-state index contributed by atoms with van der Waals surface area (Å²) in [5, 5.41) is 0. The van der Waals surface area contributed by atoms with E-state index in [9.17, 15) is 0 Å². The normalized spacial score (nSPS) is 20.9. The third-order valence-corrected chi connectivity index (χ3v) is 3.79. The third-order valence-electron chi connectivity index (χ3n) is 3.79. The number of allylic oxidation sites excluding steroid dienone is 8. The van der Waals surface area contributed by atoms with Crippen LogP contribution in [0.1, 0.15) is 52.4 Å². The Labute approximate surface area is 99.4 Å². The summed E-state index contributed by atoms with van der Waals surface area (Å²) in [5.74, 6) is 0. The van der Waals surface area contributed by atoms with Crippen LogP contribution in [-0.4, -0.2) is 0 Å². The second kappa shape index (κ2) is 5.34. The van der Waals surface area contributed by atoms with E-state index in [-0.39, 0.29) is 0 Å². The van der Waals surface area contributed by atoms with Crippen LogP contribution >= 0.6 is 0 Å². The lowest BCUT2D eigenvalue weighted by molar-refractivity contribution is 0.814. The third kappa shape index (κ3) is 2.55. The van der Waals surface area contributed by atoms with Crippen LogP contribution in [0.3, 0.4) is 0 Å². The van der Waals surface area contributed by atoms with Gasteiger partial charge in [0.05, 0.1) is 0 Å². The van der Waals surface area contributed by atoms with Crippen molar-refractivity contribution in [1.29, 1.82) is 0 Å². The highest BCUT2D eigenvalue weighted by atomic mass is 14.2. The molecule has 0 amide bonds. The molecule has 16 heavy (non-hydrogen) atoms. The van der Waals surface area contributed by atoms with Gasteiger partial charge in [-0.15, -0.1) is 0 Å². The maximum atomic E-state index is 2.35. The fraction of sp³-hybridized carbons (Fsp3) is 0.500. The van der Waals surface area contributed by atoms with Crippen LogP contribution in [0.25, 0.3) is 0 Å². The van der Waals surface area contributed by atoms with Gasteiger partial charge < -0.3 is 0 Å². The molecule has 86 valence electrons. The summed E-state index contributed by atoms with van der Waals surface area (Å²) in [6, 6.07) is 0. The van der Waals surface area contributed by atoms with Gasteiger partial charge in [-0.1, -0.05) is 49.3 Å². The fourth-order valence-corrected chi connectivity index (χ4v) is 2.49. The summed E-state index contributed by atoms with van der Waals surface area (Å²) < 4.78 is 0. The van der Waals surface area contributed by atoms with Crippen molar-refractivity contribution in [3.63, 3.8) is 0 Å². The monoisotopic (exact) mass is 214 g/mol. The molecule has 0 aliphatic heterocycles. The second-order valence-corrected chi connectivity index (χ2v) is 4.74. The zero-order valence-corrected chi connectivity index (χ0v) is 10.6. The largest absolute Gasteiger partial charge is 0.0701 e. The topological polar surface area (TPSA) is 0 Å². The van der Waals surface area contributed by atoms with E-state index < -0.39 is 0 Å². The molecule has 0 heterocycles. The SMILES string of the molecule is CCC1=CC=C(C2=CC=C(CC)CC2)CC1. The van der Waals surface area contributed by atoms with Crippen molar-refractivity contribution in [2.75, 3.05) is 0 Å². The summed E-state index contributed by atoms with van der Waals surface area (Å²) in [6.07, 6.45) is 16.8. The molecule has 0 saturated heterocycles. The maximum Gasteiger partial charge on any atom is -0.0239 e. The van der Waals surface area contributed by atoms with Gasteiger partial charge in [0, 0.05) is 0 Å². The standard InChI is InChI=1S/C16H22/c1-3-13-5-9-15(10-6-13)16-11-7-14(4-2)8-12-16/h5,7,9,11H,3-4,6,8,10,12H2,1-2H3. The van der Waals surface area contributed by atoms with Crippen molar-refractivity contribution in [2.24, 2.45) is 0 Å². The van der Waals surface area contributed by atoms with Crippen molar-refractivity contribution < 1.29 is 0 Å². The molecule has 0 N–H and O–H groups in total. The quantitative estimate of drug-likeness (QED) is 0.613. The minimum Gasteiger partial charge on any atom is -0.0701 e. The molecule has 2 aliphatic rings.